The molecule has 2 aromatic rings. The van der Waals surface area contributed by atoms with E-state index >= 15 is 0 Å². The Morgan fingerprint density at radius 2 is 2.07 bits per heavy atom. The summed E-state index contributed by atoms with van der Waals surface area (Å²) in [4.78, 5) is 27.7. The zero-order valence-electron chi connectivity index (χ0n) is 16.2. The van der Waals surface area contributed by atoms with Crippen molar-refractivity contribution < 1.29 is 14.0 Å². The number of rotatable bonds is 5. The molecule has 3 aliphatic rings. The van der Waals surface area contributed by atoms with E-state index in [-0.39, 0.29) is 23.3 Å². The Hall–Kier alpha value is -2.56. The fourth-order valence-electron chi connectivity index (χ4n) is 5.07. The maximum absolute atomic E-state index is 13.0. The van der Waals surface area contributed by atoms with Gasteiger partial charge in [-0.1, -0.05) is 30.3 Å². The van der Waals surface area contributed by atoms with E-state index in [4.69, 9.17) is 4.42 Å². The van der Waals surface area contributed by atoms with Crippen molar-refractivity contribution >= 4 is 11.8 Å². The van der Waals surface area contributed by atoms with Crippen LogP contribution in [0.5, 0.6) is 0 Å². The third-order valence-electron chi connectivity index (χ3n) is 6.99. The quantitative estimate of drug-likeness (QED) is 0.870. The first kappa shape index (κ1) is 17.5. The van der Waals surface area contributed by atoms with Crippen molar-refractivity contribution in [3.63, 3.8) is 0 Å². The summed E-state index contributed by atoms with van der Waals surface area (Å²) in [6, 6.07) is 12.2. The second-order valence-electron chi connectivity index (χ2n) is 8.70. The van der Waals surface area contributed by atoms with Crippen molar-refractivity contribution in [3.8, 4) is 0 Å². The summed E-state index contributed by atoms with van der Waals surface area (Å²) in [6.07, 6.45) is 4.95. The zero-order chi connectivity index (χ0) is 19.3. The van der Waals surface area contributed by atoms with E-state index < -0.39 is 0 Å². The van der Waals surface area contributed by atoms with Crippen molar-refractivity contribution in [2.45, 2.75) is 44.1 Å². The number of hydrogen-bond acceptors (Lipinski definition) is 3. The molecule has 0 bridgehead atoms. The summed E-state index contributed by atoms with van der Waals surface area (Å²) < 4.78 is 5.29. The van der Waals surface area contributed by atoms with Crippen molar-refractivity contribution in [2.24, 2.45) is 11.8 Å². The Morgan fingerprint density at radius 1 is 1.25 bits per heavy atom. The van der Waals surface area contributed by atoms with Gasteiger partial charge in [0.1, 0.15) is 5.76 Å². The third kappa shape index (κ3) is 2.93. The van der Waals surface area contributed by atoms with Gasteiger partial charge in [-0.15, -0.1) is 0 Å². The zero-order valence-corrected chi connectivity index (χ0v) is 16.2. The maximum Gasteiger partial charge on any atom is 0.226 e. The highest BCUT2D eigenvalue weighted by molar-refractivity contribution is 5.84. The Labute approximate surface area is 165 Å². The fourth-order valence-corrected chi connectivity index (χ4v) is 5.07. The lowest BCUT2D eigenvalue weighted by Crippen LogP contribution is -2.60. The highest BCUT2D eigenvalue weighted by atomic mass is 16.3. The lowest BCUT2D eigenvalue weighted by atomic mass is 9.69. The molecule has 0 radical (unpaired) electrons. The number of carbonyl (C=O) groups excluding carboxylic acids is 2. The molecule has 2 saturated carbocycles. The van der Waals surface area contributed by atoms with E-state index in [0.717, 1.165) is 37.1 Å². The molecule has 1 saturated heterocycles. The van der Waals surface area contributed by atoms with Crippen molar-refractivity contribution in [1.82, 2.24) is 10.2 Å². The molecule has 1 aromatic heterocycles. The van der Waals surface area contributed by atoms with Gasteiger partial charge in [-0.25, -0.2) is 0 Å². The van der Waals surface area contributed by atoms with Gasteiger partial charge >= 0.3 is 0 Å². The van der Waals surface area contributed by atoms with Crippen LogP contribution in [-0.2, 0) is 16.0 Å². The van der Waals surface area contributed by atoms with E-state index in [1.54, 1.807) is 6.26 Å². The van der Waals surface area contributed by atoms with Crippen LogP contribution in [0.3, 0.4) is 0 Å². The second-order valence-corrected chi connectivity index (χ2v) is 8.70. The highest BCUT2D eigenvalue weighted by Gasteiger charge is 2.57. The minimum Gasteiger partial charge on any atom is -0.469 e. The van der Waals surface area contributed by atoms with Gasteiger partial charge < -0.3 is 14.6 Å². The molecule has 0 spiro atoms. The number of nitrogens with zero attached hydrogens (tertiary/aromatic N) is 1. The summed E-state index contributed by atoms with van der Waals surface area (Å²) in [7, 11) is 0. The summed E-state index contributed by atoms with van der Waals surface area (Å²) in [5, 5.41) is 3.27. The molecule has 2 aliphatic carbocycles. The maximum atomic E-state index is 13.0. The molecule has 28 heavy (non-hydrogen) atoms. The summed E-state index contributed by atoms with van der Waals surface area (Å²) in [6.45, 7) is 3.31. The molecule has 5 rings (SSSR count). The predicted octanol–water partition coefficient (Wildman–Crippen LogP) is 3.04. The van der Waals surface area contributed by atoms with E-state index in [2.05, 4.69) is 17.4 Å². The van der Waals surface area contributed by atoms with Crippen LogP contribution in [0.2, 0.25) is 0 Å². The molecule has 1 aromatic carbocycles. The average Bonchev–Trinajstić information content (AvgIpc) is 3.34. The lowest BCUT2D eigenvalue weighted by Gasteiger charge is -2.44. The largest absolute Gasteiger partial charge is 0.469 e. The number of benzene rings is 1. The SMILES string of the molecule is Cc1occc1CC(=O)N[C@]12CC[C@H]1CN(C(=O)[C@H]1C[C@@H]1c1ccccc1)C2. The van der Waals surface area contributed by atoms with Gasteiger partial charge in [0.15, 0.2) is 0 Å². The molecule has 2 heterocycles. The van der Waals surface area contributed by atoms with Gasteiger partial charge in [0.2, 0.25) is 11.8 Å². The van der Waals surface area contributed by atoms with Crippen LogP contribution in [0.1, 0.15) is 42.1 Å². The number of amides is 2. The monoisotopic (exact) mass is 378 g/mol. The molecule has 146 valence electrons. The first-order valence-corrected chi connectivity index (χ1v) is 10.2. The van der Waals surface area contributed by atoms with Gasteiger partial charge in [-0.05, 0) is 43.7 Å². The standard InChI is InChI=1S/C23H26N2O3/c1-15-17(8-10-28-15)11-21(26)24-23-9-7-18(23)13-25(14-23)22(27)20-12-19(20)16-5-3-2-4-6-16/h2-6,8,10,18-20H,7,9,11-14H2,1H3,(H,24,26)/t18-,19+,20-,23-/m0/s1. The number of fused-ring (bicyclic) bond motifs is 1. The van der Waals surface area contributed by atoms with Gasteiger partial charge in [-0.2, -0.15) is 0 Å². The topological polar surface area (TPSA) is 62.6 Å². The van der Waals surface area contributed by atoms with Gasteiger partial charge in [0.25, 0.3) is 0 Å². The molecule has 2 amide bonds. The van der Waals surface area contributed by atoms with Crippen LogP contribution in [0.4, 0.5) is 0 Å². The molecule has 5 nitrogen and oxygen atoms in total. The Morgan fingerprint density at radius 3 is 2.75 bits per heavy atom. The number of carbonyl (C=O) groups is 2. The first-order chi connectivity index (χ1) is 13.6. The van der Waals surface area contributed by atoms with E-state index in [1.165, 1.54) is 5.56 Å². The predicted molar refractivity (Wildman–Crippen MR) is 105 cm³/mol. The van der Waals surface area contributed by atoms with Crippen molar-refractivity contribution in [3.05, 3.63) is 59.5 Å². The molecule has 3 fully saturated rings. The minimum atomic E-state index is -0.221. The number of hydrogen-bond donors (Lipinski definition) is 1. The van der Waals surface area contributed by atoms with Gasteiger partial charge in [0, 0.05) is 30.5 Å². The molecule has 1 N–H and O–H groups in total. The smallest absolute Gasteiger partial charge is 0.226 e. The first-order valence-electron chi connectivity index (χ1n) is 10.2. The normalized spacial score (nSPS) is 30.5. The Balaban J connectivity index is 1.21. The molecular weight excluding hydrogens is 352 g/mol. The second kappa shape index (κ2) is 6.50. The summed E-state index contributed by atoms with van der Waals surface area (Å²) in [5.41, 5.74) is 1.97. The summed E-state index contributed by atoms with van der Waals surface area (Å²) >= 11 is 0. The van der Waals surface area contributed by atoms with Gasteiger partial charge in [-0.3, -0.25) is 9.59 Å². The van der Waals surface area contributed by atoms with Crippen LogP contribution in [0, 0.1) is 18.8 Å². The Kier molecular flexibility index (Phi) is 4.07. The number of likely N-dealkylation sites (tertiary alicyclic amines) is 1. The molecule has 5 heteroatoms. The van der Waals surface area contributed by atoms with Crippen LogP contribution < -0.4 is 5.32 Å². The van der Waals surface area contributed by atoms with Crippen LogP contribution in [0.25, 0.3) is 0 Å². The lowest BCUT2D eigenvalue weighted by molar-refractivity contribution is -0.132. The van der Waals surface area contributed by atoms with Crippen molar-refractivity contribution in [2.75, 3.05) is 13.1 Å². The van der Waals surface area contributed by atoms with E-state index in [0.29, 0.717) is 24.8 Å². The molecule has 1 aliphatic heterocycles. The molecule has 4 atom stereocenters. The number of furan rings is 1. The van der Waals surface area contributed by atoms with Gasteiger partial charge in [0.05, 0.1) is 18.2 Å². The van der Waals surface area contributed by atoms with Crippen molar-refractivity contribution in [1.29, 1.82) is 0 Å². The fraction of sp³-hybridized carbons (Fsp3) is 0.478. The van der Waals surface area contributed by atoms with Crippen LogP contribution in [0.15, 0.2) is 47.1 Å². The van der Waals surface area contributed by atoms with Crippen LogP contribution >= 0.6 is 0 Å². The van der Waals surface area contributed by atoms with Crippen LogP contribution in [-0.4, -0.2) is 35.3 Å². The third-order valence-corrected chi connectivity index (χ3v) is 6.99. The number of nitrogens with one attached hydrogen (secondary N) is 1. The molecular formula is C23H26N2O3. The Bertz CT molecular complexity index is 906. The highest BCUT2D eigenvalue weighted by Crippen LogP contribution is 2.51. The summed E-state index contributed by atoms with van der Waals surface area (Å²) in [5.74, 6) is 1.95. The number of aryl methyl sites for hydroxylation is 1. The van der Waals surface area contributed by atoms with E-state index in [9.17, 15) is 9.59 Å². The molecule has 0 unspecified atom stereocenters. The average molecular weight is 378 g/mol. The minimum absolute atomic E-state index is 0.0251. The van der Waals surface area contributed by atoms with E-state index in [1.807, 2.05) is 36.1 Å².